The Morgan fingerprint density at radius 2 is 2.00 bits per heavy atom. The highest BCUT2D eigenvalue weighted by molar-refractivity contribution is 7.89. The molecule has 2 N–H and O–H groups in total. The summed E-state index contributed by atoms with van der Waals surface area (Å²) in [5.41, 5.74) is 2.00. The molecule has 0 radical (unpaired) electrons. The summed E-state index contributed by atoms with van der Waals surface area (Å²) >= 11 is 0. The molecule has 0 amide bonds. The first-order valence-electron chi connectivity index (χ1n) is 9.30. The number of hydrogen-bond acceptors (Lipinski definition) is 6. The van der Waals surface area contributed by atoms with Crippen LogP contribution in [-0.2, 0) is 10.0 Å². The van der Waals surface area contributed by atoms with E-state index in [0.717, 1.165) is 13.0 Å². The van der Waals surface area contributed by atoms with E-state index in [0.29, 0.717) is 47.4 Å². The molecule has 8 nitrogen and oxygen atoms in total. The zero-order valence-corrected chi connectivity index (χ0v) is 16.8. The smallest absolute Gasteiger partial charge is 0.244 e. The number of benzene rings is 1. The molecule has 2 aromatic heterocycles. The SMILES string of the molecule is CN1CCCN(S(=O)(=O)c2ccc(-c3c(O)[nH]c4ccc(C#N)cc34)nc2)CC1. The summed E-state index contributed by atoms with van der Waals surface area (Å²) in [6.45, 7) is 2.48. The minimum atomic E-state index is -3.63. The van der Waals surface area contributed by atoms with Crippen molar-refractivity contribution in [2.45, 2.75) is 11.3 Å². The zero-order chi connectivity index (χ0) is 20.6. The van der Waals surface area contributed by atoms with E-state index in [-0.39, 0.29) is 10.8 Å². The molecular formula is C20H21N5O3S. The van der Waals surface area contributed by atoms with E-state index in [9.17, 15) is 13.5 Å². The summed E-state index contributed by atoms with van der Waals surface area (Å²) < 4.78 is 27.5. The lowest BCUT2D eigenvalue weighted by Gasteiger charge is -2.20. The highest BCUT2D eigenvalue weighted by Gasteiger charge is 2.27. The van der Waals surface area contributed by atoms with Gasteiger partial charge >= 0.3 is 0 Å². The van der Waals surface area contributed by atoms with Crippen molar-refractivity contribution in [3.8, 4) is 23.2 Å². The Hall–Kier alpha value is -2.93. The van der Waals surface area contributed by atoms with Crippen LogP contribution in [0.3, 0.4) is 0 Å². The summed E-state index contributed by atoms with van der Waals surface area (Å²) in [4.78, 5) is 9.41. The lowest BCUT2D eigenvalue weighted by atomic mass is 10.1. The van der Waals surface area contributed by atoms with Crippen molar-refractivity contribution in [3.05, 3.63) is 42.1 Å². The van der Waals surface area contributed by atoms with Crippen LogP contribution in [0, 0.1) is 11.3 Å². The van der Waals surface area contributed by atoms with Crippen LogP contribution < -0.4 is 0 Å². The second-order valence-electron chi connectivity index (χ2n) is 7.16. The topological polar surface area (TPSA) is 113 Å². The second-order valence-corrected chi connectivity index (χ2v) is 9.10. The van der Waals surface area contributed by atoms with Gasteiger partial charge in [0, 0.05) is 36.7 Å². The quantitative estimate of drug-likeness (QED) is 0.683. The van der Waals surface area contributed by atoms with Gasteiger partial charge in [0.15, 0.2) is 5.88 Å². The fourth-order valence-corrected chi connectivity index (χ4v) is 5.02. The van der Waals surface area contributed by atoms with Crippen LogP contribution in [0.5, 0.6) is 5.88 Å². The van der Waals surface area contributed by atoms with Crippen molar-refractivity contribution in [2.24, 2.45) is 0 Å². The number of likely N-dealkylation sites (N-methyl/N-ethyl adjacent to an activating group) is 1. The van der Waals surface area contributed by atoms with Gasteiger partial charge in [-0.2, -0.15) is 9.57 Å². The molecule has 4 rings (SSSR count). The Bertz CT molecular complexity index is 1200. The monoisotopic (exact) mass is 411 g/mol. The van der Waals surface area contributed by atoms with Crippen LogP contribution in [0.4, 0.5) is 0 Å². The molecule has 0 atom stereocenters. The third kappa shape index (κ3) is 3.58. The molecule has 3 aromatic rings. The Balaban J connectivity index is 1.69. The molecule has 0 aliphatic carbocycles. The second kappa shape index (κ2) is 7.48. The van der Waals surface area contributed by atoms with Gasteiger partial charge in [-0.25, -0.2) is 8.42 Å². The van der Waals surface area contributed by atoms with Gasteiger partial charge in [0.05, 0.1) is 22.9 Å². The number of nitrogens with zero attached hydrogens (tertiary/aromatic N) is 4. The number of sulfonamides is 1. The first-order chi connectivity index (χ1) is 13.9. The van der Waals surface area contributed by atoms with Gasteiger partial charge in [-0.05, 0) is 50.3 Å². The molecule has 0 unspecified atom stereocenters. The summed E-state index contributed by atoms with van der Waals surface area (Å²) in [6, 6.07) is 10.2. The van der Waals surface area contributed by atoms with Gasteiger partial charge in [0.25, 0.3) is 0 Å². The van der Waals surface area contributed by atoms with Crippen LogP contribution in [0.2, 0.25) is 0 Å². The third-order valence-corrected chi connectivity index (χ3v) is 7.10. The molecule has 0 saturated carbocycles. The van der Waals surface area contributed by atoms with E-state index >= 15 is 0 Å². The van der Waals surface area contributed by atoms with E-state index in [4.69, 9.17) is 5.26 Å². The molecule has 1 fully saturated rings. The first kappa shape index (κ1) is 19.4. The maximum absolute atomic E-state index is 13.0. The molecule has 150 valence electrons. The van der Waals surface area contributed by atoms with Gasteiger partial charge in [0.1, 0.15) is 4.90 Å². The number of H-pyrrole nitrogens is 1. The molecule has 1 aliphatic heterocycles. The molecule has 0 spiro atoms. The number of nitrogens with one attached hydrogen (secondary N) is 1. The number of pyridine rings is 1. The van der Waals surface area contributed by atoms with E-state index in [1.54, 1.807) is 24.3 Å². The number of aromatic nitrogens is 2. The van der Waals surface area contributed by atoms with Crippen LogP contribution in [0.15, 0.2) is 41.4 Å². The molecule has 1 aromatic carbocycles. The predicted octanol–water partition coefficient (Wildman–Crippen LogP) is 2.13. The van der Waals surface area contributed by atoms with Crippen LogP contribution in [0.25, 0.3) is 22.2 Å². The van der Waals surface area contributed by atoms with E-state index in [1.807, 2.05) is 7.05 Å². The minimum absolute atomic E-state index is 0.0752. The van der Waals surface area contributed by atoms with Crippen LogP contribution >= 0.6 is 0 Å². The lowest BCUT2D eigenvalue weighted by Crippen LogP contribution is -2.34. The average molecular weight is 411 g/mol. The van der Waals surface area contributed by atoms with Gasteiger partial charge in [-0.3, -0.25) is 4.98 Å². The van der Waals surface area contributed by atoms with Crippen molar-refractivity contribution < 1.29 is 13.5 Å². The van der Waals surface area contributed by atoms with Crippen LogP contribution in [-0.4, -0.2) is 65.9 Å². The standard InChI is InChI=1S/C20H21N5O3S/c1-24-7-2-8-25(10-9-24)29(27,28)15-4-6-18(22-13-15)19-16-11-14(12-21)3-5-17(16)23-20(19)26/h3-6,11,13,23,26H,2,7-10H2,1H3. The minimum Gasteiger partial charge on any atom is -0.494 e. The number of aromatic amines is 1. The highest BCUT2D eigenvalue weighted by Crippen LogP contribution is 2.36. The zero-order valence-electron chi connectivity index (χ0n) is 16.0. The largest absolute Gasteiger partial charge is 0.494 e. The molecular weight excluding hydrogens is 390 g/mol. The lowest BCUT2D eigenvalue weighted by molar-refractivity contribution is 0.347. The van der Waals surface area contributed by atoms with Gasteiger partial charge in [-0.1, -0.05) is 0 Å². The summed E-state index contributed by atoms with van der Waals surface area (Å²) in [7, 11) is -1.64. The molecule has 0 bridgehead atoms. The van der Waals surface area contributed by atoms with Crippen molar-refractivity contribution in [3.63, 3.8) is 0 Å². The van der Waals surface area contributed by atoms with Crippen LogP contribution in [0.1, 0.15) is 12.0 Å². The third-order valence-electron chi connectivity index (χ3n) is 5.22. The molecule has 3 heterocycles. The maximum Gasteiger partial charge on any atom is 0.244 e. The highest BCUT2D eigenvalue weighted by atomic mass is 32.2. The Morgan fingerprint density at radius 3 is 2.72 bits per heavy atom. The Kier molecular flexibility index (Phi) is 5.00. The predicted molar refractivity (Wildman–Crippen MR) is 109 cm³/mol. The molecule has 29 heavy (non-hydrogen) atoms. The number of hydrogen-bond donors (Lipinski definition) is 2. The number of aromatic hydroxyl groups is 1. The molecule has 9 heteroatoms. The van der Waals surface area contributed by atoms with Crippen molar-refractivity contribution in [1.82, 2.24) is 19.2 Å². The summed E-state index contributed by atoms with van der Waals surface area (Å²) in [5.74, 6) is -0.0752. The average Bonchev–Trinajstić information content (AvgIpc) is 2.87. The molecule has 1 saturated heterocycles. The normalized spacial score (nSPS) is 16.6. The number of rotatable bonds is 3. The van der Waals surface area contributed by atoms with Crippen molar-refractivity contribution >= 4 is 20.9 Å². The fraction of sp³-hybridized carbons (Fsp3) is 0.300. The van der Waals surface area contributed by atoms with Crippen molar-refractivity contribution in [2.75, 3.05) is 33.2 Å². The van der Waals surface area contributed by atoms with Crippen molar-refractivity contribution in [1.29, 1.82) is 5.26 Å². The first-order valence-corrected chi connectivity index (χ1v) is 10.7. The summed E-state index contributed by atoms with van der Waals surface area (Å²) in [5, 5.41) is 20.1. The maximum atomic E-state index is 13.0. The van der Waals surface area contributed by atoms with E-state index < -0.39 is 10.0 Å². The fourth-order valence-electron chi connectivity index (χ4n) is 3.60. The van der Waals surface area contributed by atoms with Gasteiger partial charge < -0.3 is 15.0 Å². The number of fused-ring (bicyclic) bond motifs is 1. The van der Waals surface area contributed by atoms with Gasteiger partial charge in [0.2, 0.25) is 10.0 Å². The van der Waals surface area contributed by atoms with E-state index in [1.165, 1.54) is 16.6 Å². The Morgan fingerprint density at radius 1 is 1.17 bits per heavy atom. The summed E-state index contributed by atoms with van der Waals surface area (Å²) in [6.07, 6.45) is 2.11. The number of nitriles is 1. The Labute approximate surface area is 169 Å². The van der Waals surface area contributed by atoms with E-state index in [2.05, 4.69) is 20.9 Å². The van der Waals surface area contributed by atoms with Gasteiger partial charge in [-0.15, -0.1) is 0 Å². The molecule has 1 aliphatic rings.